The molecule has 21 heavy (non-hydrogen) atoms. The summed E-state index contributed by atoms with van der Waals surface area (Å²) in [5, 5.41) is 9.77. The van der Waals surface area contributed by atoms with Crippen LogP contribution in [-0.4, -0.2) is 25.3 Å². The molecule has 1 aromatic carbocycles. The monoisotopic (exact) mass is 316 g/mol. The standard InChI is InChI=1S/C15H18ClFO4/c1-20-12-9(8-10(16)13(21-2)11(12)17)15(14(18)19)6-4-3-5-7-15/h8H,3-7H2,1-2H3,(H,18,19). The van der Waals surface area contributed by atoms with Crippen LogP contribution in [0.4, 0.5) is 4.39 Å². The lowest BCUT2D eigenvalue weighted by Gasteiger charge is -2.35. The molecule has 0 saturated heterocycles. The fourth-order valence-electron chi connectivity index (χ4n) is 3.08. The largest absolute Gasteiger partial charge is 0.493 e. The van der Waals surface area contributed by atoms with Crippen LogP contribution in [-0.2, 0) is 10.2 Å². The summed E-state index contributed by atoms with van der Waals surface area (Å²) < 4.78 is 24.5. The van der Waals surface area contributed by atoms with E-state index in [1.54, 1.807) is 0 Å². The highest BCUT2D eigenvalue weighted by Crippen LogP contribution is 2.48. The maximum atomic E-state index is 14.5. The van der Waals surface area contributed by atoms with E-state index in [4.69, 9.17) is 21.1 Å². The second kappa shape index (κ2) is 6.10. The molecule has 1 aliphatic rings. The number of carbonyl (C=O) groups is 1. The molecule has 116 valence electrons. The van der Waals surface area contributed by atoms with Gasteiger partial charge >= 0.3 is 5.97 Å². The van der Waals surface area contributed by atoms with Crippen LogP contribution >= 0.6 is 11.6 Å². The maximum Gasteiger partial charge on any atom is 0.314 e. The van der Waals surface area contributed by atoms with Gasteiger partial charge in [-0.3, -0.25) is 4.79 Å². The second-order valence-corrected chi connectivity index (χ2v) is 5.64. The number of carboxylic acids is 1. The van der Waals surface area contributed by atoms with E-state index in [9.17, 15) is 14.3 Å². The van der Waals surface area contributed by atoms with Crippen molar-refractivity contribution in [1.82, 2.24) is 0 Å². The third kappa shape index (κ3) is 2.55. The van der Waals surface area contributed by atoms with Gasteiger partial charge in [-0.15, -0.1) is 0 Å². The molecule has 1 saturated carbocycles. The summed E-state index contributed by atoms with van der Waals surface area (Å²) in [5.41, 5.74) is -0.860. The SMILES string of the molecule is COc1c(Cl)cc(C2(C(=O)O)CCCCC2)c(OC)c1F. The molecular weight excluding hydrogens is 299 g/mol. The number of carboxylic acid groups (broad SMARTS) is 1. The van der Waals surface area contributed by atoms with Crippen LogP contribution in [0, 0.1) is 5.82 Å². The molecule has 1 N–H and O–H groups in total. The minimum atomic E-state index is -1.15. The van der Waals surface area contributed by atoms with E-state index in [-0.39, 0.29) is 16.5 Å². The van der Waals surface area contributed by atoms with Crippen LogP contribution in [0.2, 0.25) is 5.02 Å². The topological polar surface area (TPSA) is 55.8 Å². The first-order valence-electron chi connectivity index (χ1n) is 6.81. The van der Waals surface area contributed by atoms with Gasteiger partial charge in [0, 0.05) is 5.56 Å². The molecule has 0 aliphatic heterocycles. The maximum absolute atomic E-state index is 14.5. The first kappa shape index (κ1) is 15.9. The molecule has 2 rings (SSSR count). The van der Waals surface area contributed by atoms with Crippen molar-refractivity contribution in [3.05, 3.63) is 22.5 Å². The Morgan fingerprint density at radius 1 is 1.24 bits per heavy atom. The minimum absolute atomic E-state index is 0.0528. The molecule has 0 radical (unpaired) electrons. The van der Waals surface area contributed by atoms with Crippen LogP contribution in [0.25, 0.3) is 0 Å². The first-order valence-corrected chi connectivity index (χ1v) is 7.19. The lowest BCUT2D eigenvalue weighted by Crippen LogP contribution is -2.38. The van der Waals surface area contributed by atoms with Crippen LogP contribution < -0.4 is 9.47 Å². The molecule has 0 spiro atoms. The van der Waals surface area contributed by atoms with Crippen LogP contribution in [0.1, 0.15) is 37.7 Å². The van der Waals surface area contributed by atoms with Gasteiger partial charge in [0.25, 0.3) is 0 Å². The average molecular weight is 317 g/mol. The Morgan fingerprint density at radius 2 is 1.81 bits per heavy atom. The van der Waals surface area contributed by atoms with E-state index < -0.39 is 17.2 Å². The quantitative estimate of drug-likeness (QED) is 0.918. The normalized spacial score (nSPS) is 17.3. The van der Waals surface area contributed by atoms with Gasteiger partial charge in [0.2, 0.25) is 5.82 Å². The van der Waals surface area contributed by atoms with Gasteiger partial charge in [-0.05, 0) is 18.9 Å². The summed E-state index contributed by atoms with van der Waals surface area (Å²) in [5.74, 6) is -1.95. The molecule has 6 heteroatoms. The zero-order chi connectivity index (χ0) is 15.6. The van der Waals surface area contributed by atoms with Gasteiger partial charge in [-0.25, -0.2) is 0 Å². The highest BCUT2D eigenvalue weighted by molar-refractivity contribution is 6.32. The first-order chi connectivity index (χ1) is 9.97. The minimum Gasteiger partial charge on any atom is -0.493 e. The van der Waals surface area contributed by atoms with E-state index in [0.29, 0.717) is 18.4 Å². The van der Waals surface area contributed by atoms with E-state index in [2.05, 4.69) is 0 Å². The van der Waals surface area contributed by atoms with Crippen molar-refractivity contribution in [2.75, 3.05) is 14.2 Å². The summed E-state index contributed by atoms with van der Waals surface area (Å²) in [6.07, 6.45) is 3.42. The van der Waals surface area contributed by atoms with E-state index in [1.807, 2.05) is 0 Å². The van der Waals surface area contributed by atoms with Crippen LogP contribution in [0.15, 0.2) is 6.07 Å². The highest BCUT2D eigenvalue weighted by atomic mass is 35.5. The Morgan fingerprint density at radius 3 is 2.29 bits per heavy atom. The molecule has 0 unspecified atom stereocenters. The molecular formula is C15H18ClFO4. The summed E-state index contributed by atoms with van der Waals surface area (Å²) in [4.78, 5) is 11.9. The van der Waals surface area contributed by atoms with E-state index in [0.717, 1.165) is 19.3 Å². The molecule has 4 nitrogen and oxygen atoms in total. The molecule has 1 aromatic rings. The third-order valence-corrected chi connectivity index (χ3v) is 4.45. The summed E-state index contributed by atoms with van der Waals surface area (Å²) in [7, 11) is 2.62. The van der Waals surface area contributed by atoms with Gasteiger partial charge < -0.3 is 14.6 Å². The summed E-state index contributed by atoms with van der Waals surface area (Å²) in [6, 6.07) is 1.46. The molecule has 0 amide bonds. The second-order valence-electron chi connectivity index (χ2n) is 5.23. The zero-order valence-electron chi connectivity index (χ0n) is 12.0. The molecule has 1 aliphatic carbocycles. The van der Waals surface area contributed by atoms with Gasteiger partial charge in [0.05, 0.1) is 24.7 Å². The van der Waals surface area contributed by atoms with E-state index >= 15 is 0 Å². The number of hydrogen-bond acceptors (Lipinski definition) is 3. The summed E-state index contributed by atoms with van der Waals surface area (Å²) >= 11 is 6.04. The lowest BCUT2D eigenvalue weighted by molar-refractivity contribution is -0.145. The number of aliphatic carboxylic acids is 1. The van der Waals surface area contributed by atoms with Crippen LogP contribution in [0.3, 0.4) is 0 Å². The van der Waals surface area contributed by atoms with Crippen molar-refractivity contribution in [3.63, 3.8) is 0 Å². The van der Waals surface area contributed by atoms with Gasteiger partial charge in [-0.1, -0.05) is 30.9 Å². The van der Waals surface area contributed by atoms with Gasteiger partial charge in [0.15, 0.2) is 11.5 Å². The number of rotatable bonds is 4. The number of ether oxygens (including phenoxy) is 2. The smallest absolute Gasteiger partial charge is 0.314 e. The zero-order valence-corrected chi connectivity index (χ0v) is 12.8. The van der Waals surface area contributed by atoms with Crippen molar-refractivity contribution < 1.29 is 23.8 Å². The van der Waals surface area contributed by atoms with Gasteiger partial charge in [0.1, 0.15) is 0 Å². The predicted octanol–water partition coefficient (Wildman–Crippen LogP) is 3.78. The highest BCUT2D eigenvalue weighted by Gasteiger charge is 2.44. The van der Waals surface area contributed by atoms with E-state index in [1.165, 1.54) is 20.3 Å². The molecule has 0 bridgehead atoms. The van der Waals surface area contributed by atoms with Crippen molar-refractivity contribution in [2.24, 2.45) is 0 Å². The Kier molecular flexibility index (Phi) is 4.61. The predicted molar refractivity (Wildman–Crippen MR) is 76.9 cm³/mol. The van der Waals surface area contributed by atoms with Crippen molar-refractivity contribution >= 4 is 17.6 Å². The van der Waals surface area contributed by atoms with Crippen molar-refractivity contribution in [2.45, 2.75) is 37.5 Å². The number of hydrogen-bond donors (Lipinski definition) is 1. The summed E-state index contributed by atoms with van der Waals surface area (Å²) in [6.45, 7) is 0. The Labute approximate surface area is 127 Å². The number of benzene rings is 1. The number of halogens is 2. The van der Waals surface area contributed by atoms with Crippen molar-refractivity contribution in [3.8, 4) is 11.5 Å². The Balaban J connectivity index is 2.68. The Bertz CT molecular complexity index is 553. The fourth-order valence-corrected chi connectivity index (χ4v) is 3.35. The molecule has 0 aromatic heterocycles. The lowest BCUT2D eigenvalue weighted by atomic mass is 9.69. The average Bonchev–Trinajstić information content (AvgIpc) is 2.47. The van der Waals surface area contributed by atoms with Crippen molar-refractivity contribution in [1.29, 1.82) is 0 Å². The Hall–Kier alpha value is -1.49. The number of methoxy groups -OCH3 is 2. The molecule has 1 fully saturated rings. The van der Waals surface area contributed by atoms with Gasteiger partial charge in [-0.2, -0.15) is 4.39 Å². The van der Waals surface area contributed by atoms with Crippen LogP contribution in [0.5, 0.6) is 11.5 Å². The third-order valence-electron chi connectivity index (χ3n) is 4.17. The molecule has 0 atom stereocenters. The fraction of sp³-hybridized carbons (Fsp3) is 0.533. The molecule has 0 heterocycles.